The molecule has 0 atom stereocenters. The van der Waals surface area contributed by atoms with Crippen molar-refractivity contribution in [2.24, 2.45) is 0 Å². The summed E-state index contributed by atoms with van der Waals surface area (Å²) in [7, 11) is 0. The summed E-state index contributed by atoms with van der Waals surface area (Å²) in [5, 5.41) is 21.7. The summed E-state index contributed by atoms with van der Waals surface area (Å²) < 4.78 is 15.7. The van der Waals surface area contributed by atoms with Gasteiger partial charge in [-0.25, -0.2) is 9.78 Å². The molecule has 0 aliphatic carbocycles. The number of aryl methyl sites for hydroxylation is 1. The number of aromatic nitrogens is 2. The molecule has 1 amide bonds. The standard InChI is InChI=1S/C20H17N5O5/c1-13-18-14(11-15(16-5-2-10-28-16)23-19(18)30-24-13)20(27)29-12-17(26)25(8-3-6-21)9-4-7-22/h2,5,10-11H,3-4,8-9,12H2,1H3. The lowest BCUT2D eigenvalue weighted by molar-refractivity contribution is -0.134. The molecular formula is C20H17N5O5. The van der Waals surface area contributed by atoms with Crippen LogP contribution in [-0.2, 0) is 9.53 Å². The Morgan fingerprint density at radius 1 is 1.23 bits per heavy atom. The van der Waals surface area contributed by atoms with Crippen molar-refractivity contribution in [3.63, 3.8) is 0 Å². The molecule has 3 aromatic rings. The second-order valence-corrected chi connectivity index (χ2v) is 6.25. The molecule has 0 fully saturated rings. The highest BCUT2D eigenvalue weighted by Gasteiger charge is 2.23. The fourth-order valence-electron chi connectivity index (χ4n) is 2.83. The summed E-state index contributed by atoms with van der Waals surface area (Å²) in [5.74, 6) is -0.821. The summed E-state index contributed by atoms with van der Waals surface area (Å²) in [5.41, 5.74) is 1.08. The molecule has 0 unspecified atom stereocenters. The predicted octanol–water partition coefficient (Wildman–Crippen LogP) is 2.60. The van der Waals surface area contributed by atoms with Crippen LogP contribution < -0.4 is 0 Å². The van der Waals surface area contributed by atoms with Crippen LogP contribution in [0.1, 0.15) is 28.9 Å². The van der Waals surface area contributed by atoms with Crippen LogP contribution in [0.15, 0.2) is 33.4 Å². The molecule has 0 N–H and O–H groups in total. The maximum absolute atomic E-state index is 12.8. The van der Waals surface area contributed by atoms with Gasteiger partial charge in [0.05, 0.1) is 47.9 Å². The largest absolute Gasteiger partial charge is 0.463 e. The Hall–Kier alpha value is -4.18. The third kappa shape index (κ3) is 4.45. The van der Waals surface area contributed by atoms with Crippen LogP contribution in [0.4, 0.5) is 0 Å². The molecule has 0 aliphatic heterocycles. The maximum atomic E-state index is 12.8. The van der Waals surface area contributed by atoms with E-state index in [0.29, 0.717) is 22.5 Å². The number of carbonyl (C=O) groups excluding carboxylic acids is 2. The Balaban J connectivity index is 1.81. The molecule has 0 saturated heterocycles. The minimum atomic E-state index is -0.754. The molecule has 30 heavy (non-hydrogen) atoms. The van der Waals surface area contributed by atoms with E-state index in [-0.39, 0.29) is 37.2 Å². The summed E-state index contributed by atoms with van der Waals surface area (Å²) in [6, 6.07) is 8.74. The number of nitriles is 2. The lowest BCUT2D eigenvalue weighted by Crippen LogP contribution is -2.36. The zero-order chi connectivity index (χ0) is 21.5. The highest BCUT2D eigenvalue weighted by atomic mass is 16.5. The number of pyridine rings is 1. The van der Waals surface area contributed by atoms with Crippen molar-refractivity contribution >= 4 is 23.0 Å². The Morgan fingerprint density at radius 3 is 2.60 bits per heavy atom. The number of rotatable bonds is 8. The first-order valence-electron chi connectivity index (χ1n) is 9.05. The molecule has 0 radical (unpaired) electrons. The molecule has 0 aromatic carbocycles. The molecule has 152 valence electrons. The predicted molar refractivity (Wildman–Crippen MR) is 102 cm³/mol. The fraction of sp³-hybridized carbons (Fsp3) is 0.300. The van der Waals surface area contributed by atoms with Gasteiger partial charge < -0.3 is 18.6 Å². The second-order valence-electron chi connectivity index (χ2n) is 6.25. The van der Waals surface area contributed by atoms with Gasteiger partial charge in [-0.1, -0.05) is 5.16 Å². The van der Waals surface area contributed by atoms with Crippen LogP contribution >= 0.6 is 0 Å². The van der Waals surface area contributed by atoms with E-state index in [1.54, 1.807) is 19.1 Å². The molecule has 0 saturated carbocycles. The van der Waals surface area contributed by atoms with Crippen molar-refractivity contribution in [1.82, 2.24) is 15.0 Å². The number of amides is 1. The van der Waals surface area contributed by atoms with Crippen LogP contribution in [-0.4, -0.2) is 46.6 Å². The van der Waals surface area contributed by atoms with E-state index in [2.05, 4.69) is 10.1 Å². The average molecular weight is 407 g/mol. The molecule has 3 rings (SSSR count). The number of fused-ring (bicyclic) bond motifs is 1. The average Bonchev–Trinajstić information content (AvgIpc) is 3.41. The highest BCUT2D eigenvalue weighted by molar-refractivity contribution is 6.04. The Labute approximate surface area is 171 Å². The molecule has 10 nitrogen and oxygen atoms in total. The third-order valence-electron chi connectivity index (χ3n) is 4.28. The number of ether oxygens (including phenoxy) is 1. The van der Waals surface area contributed by atoms with Gasteiger partial charge in [-0.2, -0.15) is 10.5 Å². The summed E-state index contributed by atoms with van der Waals surface area (Å²) >= 11 is 0. The topological polar surface area (TPSA) is 146 Å². The number of nitrogens with zero attached hydrogens (tertiary/aromatic N) is 5. The molecule has 0 bridgehead atoms. The molecular weight excluding hydrogens is 390 g/mol. The van der Waals surface area contributed by atoms with Gasteiger partial charge in [0.25, 0.3) is 11.6 Å². The number of esters is 1. The number of furan rings is 1. The van der Waals surface area contributed by atoms with E-state index in [4.69, 9.17) is 24.2 Å². The fourth-order valence-corrected chi connectivity index (χ4v) is 2.83. The summed E-state index contributed by atoms with van der Waals surface area (Å²) in [4.78, 5) is 30.8. The van der Waals surface area contributed by atoms with E-state index >= 15 is 0 Å². The first-order valence-corrected chi connectivity index (χ1v) is 9.05. The van der Waals surface area contributed by atoms with Crippen LogP contribution in [0, 0.1) is 29.6 Å². The second kappa shape index (κ2) is 9.34. The van der Waals surface area contributed by atoms with Crippen LogP contribution in [0.2, 0.25) is 0 Å². The van der Waals surface area contributed by atoms with E-state index in [0.717, 1.165) is 0 Å². The van der Waals surface area contributed by atoms with Crippen molar-refractivity contribution in [2.75, 3.05) is 19.7 Å². The quantitative estimate of drug-likeness (QED) is 0.514. The maximum Gasteiger partial charge on any atom is 0.339 e. The Morgan fingerprint density at radius 2 is 1.97 bits per heavy atom. The molecule has 0 spiro atoms. The normalized spacial score (nSPS) is 10.4. The molecule has 10 heteroatoms. The van der Waals surface area contributed by atoms with Gasteiger partial charge in [0.1, 0.15) is 5.69 Å². The van der Waals surface area contributed by atoms with Crippen molar-refractivity contribution in [3.8, 4) is 23.6 Å². The lowest BCUT2D eigenvalue weighted by Gasteiger charge is -2.20. The highest BCUT2D eigenvalue weighted by Crippen LogP contribution is 2.27. The Kier molecular flexibility index (Phi) is 6.40. The summed E-state index contributed by atoms with van der Waals surface area (Å²) in [6.07, 6.45) is 1.70. The smallest absolute Gasteiger partial charge is 0.339 e. The minimum Gasteiger partial charge on any atom is -0.463 e. The minimum absolute atomic E-state index is 0.114. The van der Waals surface area contributed by atoms with Crippen molar-refractivity contribution in [1.29, 1.82) is 10.5 Å². The zero-order valence-electron chi connectivity index (χ0n) is 16.1. The van der Waals surface area contributed by atoms with Crippen LogP contribution in [0.3, 0.4) is 0 Å². The van der Waals surface area contributed by atoms with Gasteiger partial charge in [0, 0.05) is 13.1 Å². The number of hydrogen-bond acceptors (Lipinski definition) is 9. The van der Waals surface area contributed by atoms with Crippen LogP contribution in [0.25, 0.3) is 22.6 Å². The van der Waals surface area contributed by atoms with E-state index in [1.165, 1.54) is 17.2 Å². The van der Waals surface area contributed by atoms with E-state index in [9.17, 15) is 9.59 Å². The van der Waals surface area contributed by atoms with E-state index < -0.39 is 18.5 Å². The van der Waals surface area contributed by atoms with Crippen molar-refractivity contribution < 1.29 is 23.3 Å². The zero-order valence-corrected chi connectivity index (χ0v) is 16.1. The first-order chi connectivity index (χ1) is 14.5. The van der Waals surface area contributed by atoms with Crippen molar-refractivity contribution in [2.45, 2.75) is 19.8 Å². The van der Waals surface area contributed by atoms with Gasteiger partial charge in [0.2, 0.25) is 0 Å². The monoisotopic (exact) mass is 407 g/mol. The van der Waals surface area contributed by atoms with Gasteiger partial charge >= 0.3 is 5.97 Å². The van der Waals surface area contributed by atoms with Gasteiger partial charge in [-0.15, -0.1) is 0 Å². The molecule has 3 heterocycles. The first kappa shape index (κ1) is 20.6. The molecule has 0 aliphatic rings. The number of hydrogen-bond donors (Lipinski definition) is 0. The van der Waals surface area contributed by atoms with Crippen molar-refractivity contribution in [3.05, 3.63) is 35.7 Å². The van der Waals surface area contributed by atoms with E-state index in [1.807, 2.05) is 12.1 Å². The number of carbonyl (C=O) groups is 2. The summed E-state index contributed by atoms with van der Waals surface area (Å²) in [6.45, 7) is 1.44. The van der Waals surface area contributed by atoms with Gasteiger partial charge in [0.15, 0.2) is 12.4 Å². The Bertz CT molecular complexity index is 1120. The van der Waals surface area contributed by atoms with Gasteiger partial charge in [-0.05, 0) is 25.1 Å². The third-order valence-corrected chi connectivity index (χ3v) is 4.28. The SMILES string of the molecule is Cc1noc2nc(-c3ccco3)cc(C(=O)OCC(=O)N(CCC#N)CCC#N)c12. The molecule has 3 aromatic heterocycles. The lowest BCUT2D eigenvalue weighted by atomic mass is 10.1. The van der Waals surface area contributed by atoms with Crippen LogP contribution in [0.5, 0.6) is 0 Å². The van der Waals surface area contributed by atoms with Gasteiger partial charge in [-0.3, -0.25) is 4.79 Å².